The molecular formula is C26H43N3. The largest absolute Gasteiger partial charge is 0.304 e. The molecule has 4 atom stereocenters. The van der Waals surface area contributed by atoms with E-state index in [1.54, 1.807) is 0 Å². The molecule has 1 aliphatic heterocycles. The van der Waals surface area contributed by atoms with Crippen molar-refractivity contribution in [1.29, 1.82) is 0 Å². The number of nitrogens with one attached hydrogen (secondary N) is 1. The van der Waals surface area contributed by atoms with Crippen molar-refractivity contribution in [2.75, 3.05) is 0 Å². The molecule has 6 aliphatic rings. The number of nitrogens with zero attached hydrogens (tertiary/aromatic N) is 2. The third kappa shape index (κ3) is 3.04. The molecule has 1 spiro atoms. The van der Waals surface area contributed by atoms with Crippen molar-refractivity contribution in [3.8, 4) is 0 Å². The van der Waals surface area contributed by atoms with Crippen LogP contribution < -0.4 is 5.43 Å². The van der Waals surface area contributed by atoms with E-state index in [9.17, 15) is 0 Å². The third-order valence-corrected chi connectivity index (χ3v) is 10.1. The van der Waals surface area contributed by atoms with Crippen LogP contribution in [0.1, 0.15) is 116 Å². The number of rotatable bonds is 2. The molecular weight excluding hydrogens is 354 g/mol. The highest BCUT2D eigenvalue weighted by Gasteiger charge is 2.66. The highest BCUT2D eigenvalue weighted by Crippen LogP contribution is 2.63. The van der Waals surface area contributed by atoms with Crippen molar-refractivity contribution in [1.82, 2.24) is 10.4 Å². The fraction of sp³-hybridized carbons (Fsp3) is 0.962. The lowest BCUT2D eigenvalue weighted by molar-refractivity contribution is -0.0484. The Hall–Kier alpha value is -0.570. The topological polar surface area (TPSA) is 27.6 Å². The number of amidine groups is 1. The van der Waals surface area contributed by atoms with Gasteiger partial charge in [0, 0.05) is 23.8 Å². The van der Waals surface area contributed by atoms with Crippen molar-refractivity contribution >= 4 is 5.84 Å². The second-order valence-electron chi connectivity index (χ2n) is 11.5. The van der Waals surface area contributed by atoms with Gasteiger partial charge in [0.1, 0.15) is 11.5 Å². The Labute approximate surface area is 178 Å². The molecule has 0 aromatic carbocycles. The SMILES string of the molecule is C1CCC(C2=NC3(C4CCCCC4C4CCCCC43)N(C3CCCCC3)N2)CC1. The summed E-state index contributed by atoms with van der Waals surface area (Å²) in [5.41, 5.74) is 4.24. The van der Waals surface area contributed by atoms with E-state index in [4.69, 9.17) is 4.99 Å². The van der Waals surface area contributed by atoms with E-state index >= 15 is 0 Å². The van der Waals surface area contributed by atoms with Gasteiger partial charge in [-0.1, -0.05) is 64.2 Å². The number of hydrazine groups is 1. The van der Waals surface area contributed by atoms with Crippen LogP contribution in [-0.4, -0.2) is 22.5 Å². The normalized spacial score (nSPS) is 44.3. The Morgan fingerprint density at radius 1 is 0.621 bits per heavy atom. The fourth-order valence-electron chi connectivity index (χ4n) is 8.96. The molecule has 5 aliphatic carbocycles. The van der Waals surface area contributed by atoms with Crippen LogP contribution in [-0.2, 0) is 0 Å². The zero-order valence-corrected chi connectivity index (χ0v) is 18.6. The molecule has 29 heavy (non-hydrogen) atoms. The number of fused-ring (bicyclic) bond motifs is 5. The first kappa shape index (κ1) is 19.1. The van der Waals surface area contributed by atoms with Gasteiger partial charge in [-0.3, -0.25) is 0 Å². The Bertz CT molecular complexity index is 593. The van der Waals surface area contributed by atoms with E-state index in [2.05, 4.69) is 10.4 Å². The standard InChI is InChI=1S/C26H43N3/c1-3-11-19(12-4-1)25-27-26(29(28-25)20-13-5-2-6-14-20)23-17-9-7-15-21(23)22-16-8-10-18-24(22)26/h19-24H,1-18H2,(H,27,28). The van der Waals surface area contributed by atoms with Crippen LogP contribution in [0.15, 0.2) is 4.99 Å². The van der Waals surface area contributed by atoms with Crippen LogP contribution in [0.5, 0.6) is 0 Å². The molecule has 0 aromatic heterocycles. The van der Waals surface area contributed by atoms with Crippen molar-refractivity contribution in [2.45, 2.75) is 127 Å². The lowest BCUT2D eigenvalue weighted by Gasteiger charge is -2.48. The molecule has 0 saturated heterocycles. The van der Waals surface area contributed by atoms with Gasteiger partial charge in [0.05, 0.1) is 0 Å². The minimum atomic E-state index is 0.130. The third-order valence-electron chi connectivity index (χ3n) is 10.1. The smallest absolute Gasteiger partial charge is 0.138 e. The first-order valence-electron chi connectivity index (χ1n) is 13.5. The van der Waals surface area contributed by atoms with Gasteiger partial charge in [0.2, 0.25) is 0 Å². The van der Waals surface area contributed by atoms with Crippen molar-refractivity contribution in [3.63, 3.8) is 0 Å². The van der Waals surface area contributed by atoms with Gasteiger partial charge in [0.25, 0.3) is 0 Å². The predicted molar refractivity (Wildman–Crippen MR) is 119 cm³/mol. The quantitative estimate of drug-likeness (QED) is 0.580. The summed E-state index contributed by atoms with van der Waals surface area (Å²) in [7, 11) is 0. The zero-order chi connectivity index (χ0) is 19.3. The number of hydrogen-bond donors (Lipinski definition) is 1. The highest BCUT2D eigenvalue weighted by atomic mass is 15.7. The summed E-state index contributed by atoms with van der Waals surface area (Å²) in [5, 5.41) is 2.87. The summed E-state index contributed by atoms with van der Waals surface area (Å²) in [6.07, 6.45) is 25.9. The summed E-state index contributed by atoms with van der Waals surface area (Å²) in [5.74, 6) is 5.76. The minimum absolute atomic E-state index is 0.130. The molecule has 0 radical (unpaired) electrons. The molecule has 5 saturated carbocycles. The Morgan fingerprint density at radius 2 is 1.14 bits per heavy atom. The number of hydrogen-bond acceptors (Lipinski definition) is 3. The molecule has 3 heteroatoms. The first-order valence-corrected chi connectivity index (χ1v) is 13.5. The van der Waals surface area contributed by atoms with Gasteiger partial charge in [-0.25, -0.2) is 4.99 Å². The molecule has 0 amide bonds. The van der Waals surface area contributed by atoms with Crippen LogP contribution in [0, 0.1) is 29.6 Å². The molecule has 0 aromatic rings. The zero-order valence-electron chi connectivity index (χ0n) is 18.6. The summed E-state index contributed by atoms with van der Waals surface area (Å²) < 4.78 is 0. The molecule has 6 rings (SSSR count). The maximum Gasteiger partial charge on any atom is 0.138 e. The van der Waals surface area contributed by atoms with Crippen LogP contribution >= 0.6 is 0 Å². The molecule has 3 nitrogen and oxygen atoms in total. The van der Waals surface area contributed by atoms with E-state index in [1.807, 2.05) is 0 Å². The van der Waals surface area contributed by atoms with Crippen molar-refractivity contribution < 1.29 is 0 Å². The van der Waals surface area contributed by atoms with Crippen molar-refractivity contribution in [3.05, 3.63) is 0 Å². The predicted octanol–water partition coefficient (Wildman–Crippen LogP) is 6.44. The molecule has 5 fully saturated rings. The Morgan fingerprint density at radius 3 is 1.76 bits per heavy atom. The molecule has 162 valence electrons. The van der Waals surface area contributed by atoms with Gasteiger partial charge < -0.3 is 5.43 Å². The second-order valence-corrected chi connectivity index (χ2v) is 11.5. The van der Waals surface area contributed by atoms with Crippen LogP contribution in [0.4, 0.5) is 0 Å². The van der Waals surface area contributed by atoms with Crippen LogP contribution in [0.3, 0.4) is 0 Å². The fourth-order valence-corrected chi connectivity index (χ4v) is 8.96. The molecule has 1 heterocycles. The summed E-state index contributed by atoms with van der Waals surface area (Å²) in [6, 6.07) is 0.733. The van der Waals surface area contributed by atoms with E-state index in [1.165, 1.54) is 121 Å². The molecule has 0 bridgehead atoms. The molecule has 1 N–H and O–H groups in total. The second kappa shape index (κ2) is 7.84. The van der Waals surface area contributed by atoms with Gasteiger partial charge in [-0.2, -0.15) is 5.01 Å². The van der Waals surface area contributed by atoms with Gasteiger partial charge in [0.15, 0.2) is 0 Å². The van der Waals surface area contributed by atoms with E-state index in [0.717, 1.165) is 35.6 Å². The first-order chi connectivity index (χ1) is 14.4. The number of aliphatic imine (C=N–C) groups is 1. The van der Waals surface area contributed by atoms with Gasteiger partial charge in [-0.05, 0) is 63.2 Å². The van der Waals surface area contributed by atoms with Crippen LogP contribution in [0.2, 0.25) is 0 Å². The average molecular weight is 398 g/mol. The maximum absolute atomic E-state index is 5.90. The highest BCUT2D eigenvalue weighted by molar-refractivity contribution is 5.86. The van der Waals surface area contributed by atoms with E-state index < -0.39 is 0 Å². The average Bonchev–Trinajstić information content (AvgIpc) is 3.34. The van der Waals surface area contributed by atoms with Gasteiger partial charge >= 0.3 is 0 Å². The van der Waals surface area contributed by atoms with E-state index in [-0.39, 0.29) is 5.66 Å². The van der Waals surface area contributed by atoms with Crippen molar-refractivity contribution in [2.24, 2.45) is 34.6 Å². The molecule has 4 unspecified atom stereocenters. The van der Waals surface area contributed by atoms with E-state index in [0.29, 0.717) is 0 Å². The van der Waals surface area contributed by atoms with Gasteiger partial charge in [-0.15, -0.1) is 0 Å². The van der Waals surface area contributed by atoms with Crippen LogP contribution in [0.25, 0.3) is 0 Å². The Balaban J connectivity index is 1.41. The minimum Gasteiger partial charge on any atom is -0.304 e. The monoisotopic (exact) mass is 397 g/mol. The summed E-state index contributed by atoms with van der Waals surface area (Å²) >= 11 is 0. The summed E-state index contributed by atoms with van der Waals surface area (Å²) in [6.45, 7) is 0. The lowest BCUT2D eigenvalue weighted by Crippen LogP contribution is -2.61. The lowest BCUT2D eigenvalue weighted by atomic mass is 9.73. The summed E-state index contributed by atoms with van der Waals surface area (Å²) in [4.78, 5) is 5.90. The Kier molecular flexibility index (Phi) is 5.18. The maximum atomic E-state index is 5.90.